The fourth-order valence-corrected chi connectivity index (χ4v) is 2.43. The fraction of sp³-hybridized carbons (Fsp3) is 0.333. The predicted molar refractivity (Wildman–Crippen MR) is 83.4 cm³/mol. The summed E-state index contributed by atoms with van der Waals surface area (Å²) in [6.45, 7) is 5.32. The first kappa shape index (κ1) is 13.8. The summed E-state index contributed by atoms with van der Waals surface area (Å²) >= 11 is 0. The summed E-state index contributed by atoms with van der Waals surface area (Å²) in [5.74, 6) is 0. The molecule has 2 aromatic carbocycles. The maximum Gasteiger partial charge on any atom is 0.0202 e. The van der Waals surface area contributed by atoms with Gasteiger partial charge in [-0.3, -0.25) is 0 Å². The molecule has 1 heteroatoms. The van der Waals surface area contributed by atoms with Gasteiger partial charge in [0.1, 0.15) is 0 Å². The lowest BCUT2D eigenvalue weighted by Crippen LogP contribution is -2.05. The molecule has 0 aliphatic carbocycles. The van der Waals surface area contributed by atoms with E-state index in [-0.39, 0.29) is 0 Å². The molecule has 0 aromatic heterocycles. The third-order valence-electron chi connectivity index (χ3n) is 3.49. The lowest BCUT2D eigenvalue weighted by atomic mass is 9.96. The molecule has 2 rings (SSSR count). The quantitative estimate of drug-likeness (QED) is 0.836. The molecule has 0 radical (unpaired) electrons. The van der Waals surface area contributed by atoms with Gasteiger partial charge in [-0.25, -0.2) is 0 Å². The second kappa shape index (κ2) is 6.53. The smallest absolute Gasteiger partial charge is 0.0202 e. The average molecular weight is 253 g/mol. The Labute approximate surface area is 116 Å². The van der Waals surface area contributed by atoms with E-state index >= 15 is 0 Å². The molecule has 0 unspecified atom stereocenters. The number of benzene rings is 2. The average Bonchev–Trinajstić information content (AvgIpc) is 2.43. The first-order valence-electron chi connectivity index (χ1n) is 7.08. The number of nitrogens with one attached hydrogen (secondary N) is 1. The van der Waals surface area contributed by atoms with Gasteiger partial charge in [0.2, 0.25) is 0 Å². The SMILES string of the molecule is CCCc1ccc(-c2cc(CNC)ccc2C)cc1. The van der Waals surface area contributed by atoms with Crippen LogP contribution < -0.4 is 5.32 Å². The van der Waals surface area contributed by atoms with Crippen LogP contribution in [-0.2, 0) is 13.0 Å². The van der Waals surface area contributed by atoms with Crippen molar-refractivity contribution in [2.24, 2.45) is 0 Å². The van der Waals surface area contributed by atoms with Gasteiger partial charge in [-0.2, -0.15) is 0 Å². The molecule has 0 saturated carbocycles. The zero-order valence-electron chi connectivity index (χ0n) is 12.2. The minimum atomic E-state index is 0.918. The van der Waals surface area contributed by atoms with Crippen molar-refractivity contribution in [3.8, 4) is 11.1 Å². The van der Waals surface area contributed by atoms with Crippen molar-refractivity contribution < 1.29 is 0 Å². The van der Waals surface area contributed by atoms with Crippen LogP contribution in [0.25, 0.3) is 11.1 Å². The van der Waals surface area contributed by atoms with Gasteiger partial charge in [0.15, 0.2) is 0 Å². The number of rotatable bonds is 5. The van der Waals surface area contributed by atoms with Crippen LogP contribution >= 0.6 is 0 Å². The van der Waals surface area contributed by atoms with Gasteiger partial charge < -0.3 is 5.32 Å². The summed E-state index contributed by atoms with van der Waals surface area (Å²) in [6, 6.07) is 15.7. The zero-order chi connectivity index (χ0) is 13.7. The minimum Gasteiger partial charge on any atom is -0.316 e. The lowest BCUT2D eigenvalue weighted by Gasteiger charge is -2.10. The first-order chi connectivity index (χ1) is 9.24. The minimum absolute atomic E-state index is 0.918. The second-order valence-corrected chi connectivity index (χ2v) is 5.13. The lowest BCUT2D eigenvalue weighted by molar-refractivity contribution is 0.818. The molecule has 1 nitrogen and oxygen atoms in total. The third-order valence-corrected chi connectivity index (χ3v) is 3.49. The van der Waals surface area contributed by atoms with Crippen molar-refractivity contribution in [1.29, 1.82) is 0 Å². The zero-order valence-corrected chi connectivity index (χ0v) is 12.2. The highest BCUT2D eigenvalue weighted by Gasteiger charge is 2.03. The summed E-state index contributed by atoms with van der Waals surface area (Å²) in [4.78, 5) is 0. The molecule has 0 atom stereocenters. The van der Waals surface area contributed by atoms with Crippen molar-refractivity contribution >= 4 is 0 Å². The Morgan fingerprint density at radius 3 is 2.26 bits per heavy atom. The summed E-state index contributed by atoms with van der Waals surface area (Å²) in [6.07, 6.45) is 2.37. The van der Waals surface area contributed by atoms with E-state index in [0.717, 1.165) is 6.54 Å². The maximum absolute atomic E-state index is 3.21. The van der Waals surface area contributed by atoms with E-state index in [1.807, 2.05) is 7.05 Å². The Hall–Kier alpha value is -1.60. The van der Waals surface area contributed by atoms with Gasteiger partial charge in [0.25, 0.3) is 0 Å². The molecule has 0 amide bonds. The highest BCUT2D eigenvalue weighted by Crippen LogP contribution is 2.25. The van der Waals surface area contributed by atoms with Gasteiger partial charge in [0, 0.05) is 6.54 Å². The third kappa shape index (κ3) is 3.45. The normalized spacial score (nSPS) is 10.7. The Bertz CT molecular complexity index is 526. The van der Waals surface area contributed by atoms with Crippen LogP contribution in [0.3, 0.4) is 0 Å². The van der Waals surface area contributed by atoms with E-state index in [2.05, 4.69) is 61.6 Å². The van der Waals surface area contributed by atoms with Gasteiger partial charge in [-0.1, -0.05) is 49.7 Å². The van der Waals surface area contributed by atoms with Crippen LogP contribution in [0, 0.1) is 6.92 Å². The Kier molecular flexibility index (Phi) is 4.75. The maximum atomic E-state index is 3.21. The van der Waals surface area contributed by atoms with Crippen LogP contribution in [0.15, 0.2) is 42.5 Å². The van der Waals surface area contributed by atoms with Crippen molar-refractivity contribution in [3.63, 3.8) is 0 Å². The number of hydrogen-bond donors (Lipinski definition) is 1. The predicted octanol–water partition coefficient (Wildman–Crippen LogP) is 4.33. The van der Waals surface area contributed by atoms with E-state index in [1.165, 1.54) is 40.7 Å². The van der Waals surface area contributed by atoms with Crippen LogP contribution in [0.2, 0.25) is 0 Å². The topological polar surface area (TPSA) is 12.0 Å². The van der Waals surface area contributed by atoms with Gasteiger partial charge >= 0.3 is 0 Å². The molecule has 1 N–H and O–H groups in total. The highest BCUT2D eigenvalue weighted by atomic mass is 14.8. The molecule has 0 aliphatic heterocycles. The van der Waals surface area contributed by atoms with Gasteiger partial charge in [-0.15, -0.1) is 0 Å². The number of aryl methyl sites for hydroxylation is 2. The van der Waals surface area contributed by atoms with Crippen LogP contribution in [0.4, 0.5) is 0 Å². The molecule has 0 bridgehead atoms. The standard InChI is InChI=1S/C18H23N/c1-4-5-15-8-10-17(11-9-15)18-12-16(13-19-3)7-6-14(18)2/h6-12,19H,4-5,13H2,1-3H3. The molecule has 100 valence electrons. The van der Waals surface area contributed by atoms with Crippen LogP contribution in [-0.4, -0.2) is 7.05 Å². The van der Waals surface area contributed by atoms with E-state index in [1.54, 1.807) is 0 Å². The number of hydrogen-bond acceptors (Lipinski definition) is 1. The largest absolute Gasteiger partial charge is 0.316 e. The molecule has 19 heavy (non-hydrogen) atoms. The molecule has 2 aromatic rings. The van der Waals surface area contributed by atoms with Crippen molar-refractivity contribution in [2.45, 2.75) is 33.2 Å². The summed E-state index contributed by atoms with van der Waals surface area (Å²) in [7, 11) is 1.99. The second-order valence-electron chi connectivity index (χ2n) is 5.13. The summed E-state index contributed by atoms with van der Waals surface area (Å²) in [5, 5.41) is 3.21. The van der Waals surface area contributed by atoms with Crippen molar-refractivity contribution in [3.05, 3.63) is 59.2 Å². The van der Waals surface area contributed by atoms with E-state index in [0.29, 0.717) is 0 Å². The monoisotopic (exact) mass is 253 g/mol. The van der Waals surface area contributed by atoms with Gasteiger partial charge in [0.05, 0.1) is 0 Å². The molecule has 0 saturated heterocycles. The summed E-state index contributed by atoms with van der Waals surface area (Å²) < 4.78 is 0. The molecule has 0 spiro atoms. The Morgan fingerprint density at radius 1 is 0.947 bits per heavy atom. The van der Waals surface area contributed by atoms with E-state index < -0.39 is 0 Å². The van der Waals surface area contributed by atoms with E-state index in [4.69, 9.17) is 0 Å². The first-order valence-corrected chi connectivity index (χ1v) is 7.08. The molecule has 0 fully saturated rings. The van der Waals surface area contributed by atoms with Crippen molar-refractivity contribution in [1.82, 2.24) is 5.32 Å². The summed E-state index contributed by atoms with van der Waals surface area (Å²) in [5.41, 5.74) is 6.75. The van der Waals surface area contributed by atoms with Gasteiger partial charge in [-0.05, 0) is 54.3 Å². The molecule has 0 aliphatic rings. The van der Waals surface area contributed by atoms with Crippen LogP contribution in [0.1, 0.15) is 30.0 Å². The van der Waals surface area contributed by atoms with E-state index in [9.17, 15) is 0 Å². The highest BCUT2D eigenvalue weighted by molar-refractivity contribution is 5.68. The Balaban J connectivity index is 2.31. The molecule has 0 heterocycles. The Morgan fingerprint density at radius 2 is 1.63 bits per heavy atom. The molecular weight excluding hydrogens is 230 g/mol. The van der Waals surface area contributed by atoms with Crippen LogP contribution in [0.5, 0.6) is 0 Å². The van der Waals surface area contributed by atoms with Crippen molar-refractivity contribution in [2.75, 3.05) is 7.05 Å². The molecular formula is C18H23N. The fourth-order valence-electron chi connectivity index (χ4n) is 2.43.